The first-order valence-electron chi connectivity index (χ1n) is 6.60. The Kier molecular flexibility index (Phi) is 7.51. The minimum atomic E-state index is -0.746. The highest BCUT2D eigenvalue weighted by Crippen LogP contribution is 2.22. The van der Waals surface area contributed by atoms with Gasteiger partial charge in [-0.25, -0.2) is 0 Å². The smallest absolute Gasteiger partial charge is 0.459 e. The number of allylic oxidation sites excluding steroid dienone is 3. The topological polar surface area (TPSA) is 90.7 Å². The first-order valence-corrected chi connectivity index (χ1v) is 6.60. The second kappa shape index (κ2) is 8.93. The minimum Gasteiger partial charge on any atom is -0.494 e. The van der Waals surface area contributed by atoms with Gasteiger partial charge in [-0.3, -0.25) is 0 Å². The lowest BCUT2D eigenvalue weighted by Crippen LogP contribution is -2.23. The van der Waals surface area contributed by atoms with Crippen molar-refractivity contribution in [2.45, 2.75) is 25.3 Å². The summed E-state index contributed by atoms with van der Waals surface area (Å²) >= 11 is 0. The van der Waals surface area contributed by atoms with Crippen LogP contribution in [0.15, 0.2) is 36.1 Å². The van der Waals surface area contributed by atoms with Crippen molar-refractivity contribution in [2.75, 3.05) is 19.7 Å². The van der Waals surface area contributed by atoms with Gasteiger partial charge in [0.1, 0.15) is 5.76 Å². The normalized spacial score (nSPS) is 21.5. The molecule has 1 atom stereocenters. The van der Waals surface area contributed by atoms with Crippen LogP contribution in [-0.4, -0.2) is 37.9 Å². The van der Waals surface area contributed by atoms with Gasteiger partial charge in [0.05, 0.1) is 12.7 Å². The summed E-state index contributed by atoms with van der Waals surface area (Å²) in [6, 6.07) is 0. The molecule has 19 heavy (non-hydrogen) atoms. The summed E-state index contributed by atoms with van der Waals surface area (Å²) in [7, 11) is -0.746. The molecule has 0 aromatic rings. The van der Waals surface area contributed by atoms with E-state index in [2.05, 4.69) is 6.58 Å². The molecule has 0 amide bonds. The zero-order chi connectivity index (χ0) is 14.1. The first-order chi connectivity index (χ1) is 9.17. The van der Waals surface area contributed by atoms with Crippen molar-refractivity contribution in [2.24, 2.45) is 11.5 Å². The molecule has 0 spiro atoms. The lowest BCUT2D eigenvalue weighted by atomic mass is 9.84. The Morgan fingerprint density at radius 3 is 3.00 bits per heavy atom. The lowest BCUT2D eigenvalue weighted by Gasteiger charge is -2.08. The molecular formula is C13H23BN2O3. The predicted molar refractivity (Wildman–Crippen MR) is 77.3 cm³/mol. The molecule has 1 fully saturated rings. The second-order valence-electron chi connectivity index (χ2n) is 4.43. The van der Waals surface area contributed by atoms with Crippen LogP contribution in [0.25, 0.3) is 0 Å². The maximum Gasteiger partial charge on any atom is 0.459 e. The number of hydrogen-bond donors (Lipinski definition) is 3. The monoisotopic (exact) mass is 266 g/mol. The zero-order valence-electron chi connectivity index (χ0n) is 11.3. The van der Waals surface area contributed by atoms with Crippen LogP contribution in [0.4, 0.5) is 0 Å². The highest BCUT2D eigenvalue weighted by molar-refractivity contribution is 6.45. The summed E-state index contributed by atoms with van der Waals surface area (Å²) in [4.78, 5) is 0. The standard InChI is InChI=1S/C13H23BN2O3/c1-11(18-8-3-2-7-15)5-4-6-12-9-14(17)19-13(12)10-16/h4-6,13,17H,1-3,7-10,15-16H2/b5-4-,12-6+. The van der Waals surface area contributed by atoms with E-state index in [1.165, 1.54) is 0 Å². The molecule has 1 aliphatic rings. The number of hydrogen-bond acceptors (Lipinski definition) is 5. The van der Waals surface area contributed by atoms with Crippen molar-refractivity contribution in [3.05, 3.63) is 36.1 Å². The Labute approximate surface area is 115 Å². The molecule has 1 aliphatic heterocycles. The van der Waals surface area contributed by atoms with E-state index in [1.54, 1.807) is 6.08 Å². The van der Waals surface area contributed by atoms with Gasteiger partial charge in [-0.05, 0) is 31.0 Å². The molecule has 0 aromatic heterocycles. The van der Waals surface area contributed by atoms with Crippen LogP contribution in [0.1, 0.15) is 12.8 Å². The van der Waals surface area contributed by atoms with Crippen molar-refractivity contribution in [1.82, 2.24) is 0 Å². The molecular weight excluding hydrogens is 243 g/mol. The van der Waals surface area contributed by atoms with Gasteiger partial charge in [-0.15, -0.1) is 0 Å². The summed E-state index contributed by atoms with van der Waals surface area (Å²) in [6.07, 6.45) is 7.70. The van der Waals surface area contributed by atoms with Crippen LogP contribution in [0, 0.1) is 0 Å². The van der Waals surface area contributed by atoms with Crippen LogP contribution in [-0.2, 0) is 9.39 Å². The fourth-order valence-corrected chi connectivity index (χ4v) is 1.82. The van der Waals surface area contributed by atoms with E-state index in [4.69, 9.17) is 20.9 Å². The second-order valence-corrected chi connectivity index (χ2v) is 4.43. The predicted octanol–water partition coefficient (Wildman–Crippen LogP) is 0.576. The van der Waals surface area contributed by atoms with Gasteiger partial charge in [0.15, 0.2) is 0 Å². The van der Waals surface area contributed by atoms with E-state index in [9.17, 15) is 5.02 Å². The van der Waals surface area contributed by atoms with Crippen molar-refractivity contribution < 1.29 is 14.4 Å². The largest absolute Gasteiger partial charge is 0.494 e. The van der Waals surface area contributed by atoms with Crippen molar-refractivity contribution in [3.8, 4) is 0 Å². The van der Waals surface area contributed by atoms with E-state index < -0.39 is 7.12 Å². The minimum absolute atomic E-state index is 0.196. The molecule has 6 heteroatoms. The van der Waals surface area contributed by atoms with Gasteiger partial charge in [0, 0.05) is 12.9 Å². The zero-order valence-corrected chi connectivity index (χ0v) is 11.3. The Morgan fingerprint density at radius 2 is 2.32 bits per heavy atom. The number of unbranched alkanes of at least 4 members (excludes halogenated alkanes) is 1. The fourth-order valence-electron chi connectivity index (χ4n) is 1.82. The van der Waals surface area contributed by atoms with Gasteiger partial charge >= 0.3 is 7.12 Å². The molecule has 0 bridgehead atoms. The number of ether oxygens (including phenoxy) is 1. The Morgan fingerprint density at radius 1 is 1.53 bits per heavy atom. The van der Waals surface area contributed by atoms with E-state index in [-0.39, 0.29) is 6.10 Å². The average Bonchev–Trinajstić information content (AvgIpc) is 2.75. The van der Waals surface area contributed by atoms with Gasteiger partial charge in [0.2, 0.25) is 0 Å². The van der Waals surface area contributed by atoms with Crippen LogP contribution < -0.4 is 11.5 Å². The van der Waals surface area contributed by atoms with E-state index in [0.29, 0.717) is 31.8 Å². The Balaban J connectivity index is 2.33. The molecule has 1 saturated heterocycles. The van der Waals surface area contributed by atoms with E-state index in [0.717, 1.165) is 18.4 Å². The van der Waals surface area contributed by atoms with Crippen molar-refractivity contribution in [3.63, 3.8) is 0 Å². The third kappa shape index (κ3) is 6.07. The van der Waals surface area contributed by atoms with Gasteiger partial charge in [-0.1, -0.05) is 18.7 Å². The molecule has 1 heterocycles. The molecule has 106 valence electrons. The summed E-state index contributed by atoms with van der Waals surface area (Å²) in [5, 5.41) is 9.38. The van der Waals surface area contributed by atoms with Crippen molar-refractivity contribution in [1.29, 1.82) is 0 Å². The maximum atomic E-state index is 9.38. The molecule has 5 nitrogen and oxygen atoms in total. The van der Waals surface area contributed by atoms with E-state index >= 15 is 0 Å². The lowest BCUT2D eigenvalue weighted by molar-refractivity contribution is 0.220. The summed E-state index contributed by atoms with van der Waals surface area (Å²) in [6.45, 7) is 5.47. The average molecular weight is 266 g/mol. The van der Waals surface area contributed by atoms with E-state index in [1.807, 2.05) is 12.2 Å². The van der Waals surface area contributed by atoms with Crippen LogP contribution in [0.2, 0.25) is 6.32 Å². The molecule has 0 radical (unpaired) electrons. The number of rotatable bonds is 8. The molecule has 5 N–H and O–H groups in total. The Hall–Kier alpha value is -1.08. The fraction of sp³-hybridized carbons (Fsp3) is 0.538. The third-order valence-corrected chi connectivity index (χ3v) is 2.84. The first kappa shape index (κ1) is 16.0. The molecule has 1 unspecified atom stereocenters. The highest BCUT2D eigenvalue weighted by atomic mass is 16.5. The SMILES string of the molecule is C=C(/C=C\C=C1/CB(O)OC1CN)OCCCCN. The number of nitrogens with two attached hydrogens (primary N) is 2. The third-order valence-electron chi connectivity index (χ3n) is 2.84. The summed E-state index contributed by atoms with van der Waals surface area (Å²) in [5.74, 6) is 0.609. The van der Waals surface area contributed by atoms with Crippen LogP contribution in [0.3, 0.4) is 0 Å². The van der Waals surface area contributed by atoms with Gasteiger partial charge in [0.25, 0.3) is 0 Å². The van der Waals surface area contributed by atoms with Crippen LogP contribution in [0.5, 0.6) is 0 Å². The molecule has 1 rings (SSSR count). The molecule has 0 aliphatic carbocycles. The summed E-state index contributed by atoms with van der Waals surface area (Å²) < 4.78 is 10.6. The molecule has 0 saturated carbocycles. The van der Waals surface area contributed by atoms with Crippen molar-refractivity contribution >= 4 is 7.12 Å². The van der Waals surface area contributed by atoms with Gasteiger partial charge < -0.3 is 25.9 Å². The highest BCUT2D eigenvalue weighted by Gasteiger charge is 2.31. The van der Waals surface area contributed by atoms with Crippen LogP contribution >= 0.6 is 0 Å². The maximum absolute atomic E-state index is 9.38. The molecule has 0 aromatic carbocycles. The summed E-state index contributed by atoms with van der Waals surface area (Å²) in [5.41, 5.74) is 11.9. The quantitative estimate of drug-likeness (QED) is 0.259. The Bertz CT molecular complexity index is 345. The van der Waals surface area contributed by atoms with Gasteiger partial charge in [-0.2, -0.15) is 0 Å².